The van der Waals surface area contributed by atoms with Crippen molar-refractivity contribution < 1.29 is 8.78 Å². The van der Waals surface area contributed by atoms with E-state index in [0.29, 0.717) is 17.0 Å². The number of nitrogens with zero attached hydrogens (tertiary/aromatic N) is 2. The molecule has 2 N–H and O–H groups in total. The van der Waals surface area contributed by atoms with Crippen molar-refractivity contribution in [3.05, 3.63) is 66.4 Å². The van der Waals surface area contributed by atoms with Crippen LogP contribution < -0.4 is 5.73 Å². The Hall–Kier alpha value is -2.82. The van der Waals surface area contributed by atoms with Crippen molar-refractivity contribution in [3.8, 4) is 22.5 Å². The molecule has 1 aromatic heterocycles. The van der Waals surface area contributed by atoms with E-state index in [2.05, 4.69) is 9.97 Å². The lowest BCUT2D eigenvalue weighted by molar-refractivity contribution is 0.509. The van der Waals surface area contributed by atoms with E-state index in [9.17, 15) is 8.78 Å². The number of halogens is 2. The number of benzene rings is 2. The molecule has 0 fully saturated rings. The van der Waals surface area contributed by atoms with Gasteiger partial charge in [-0.25, -0.2) is 18.7 Å². The molecule has 0 amide bonds. The summed E-state index contributed by atoms with van der Waals surface area (Å²) in [6.07, 6.45) is 1.55. The van der Waals surface area contributed by atoms with Crippen LogP contribution in [-0.4, -0.2) is 9.97 Å². The minimum Gasteiger partial charge on any atom is -0.382 e. The van der Waals surface area contributed by atoms with E-state index in [1.165, 1.54) is 6.07 Å². The van der Waals surface area contributed by atoms with Gasteiger partial charge in [-0.2, -0.15) is 0 Å². The van der Waals surface area contributed by atoms with Gasteiger partial charge in [-0.05, 0) is 18.2 Å². The van der Waals surface area contributed by atoms with Crippen LogP contribution in [0.1, 0.15) is 0 Å². The number of hydrogen-bond acceptors (Lipinski definition) is 3. The largest absolute Gasteiger partial charge is 0.382 e. The molecular weight excluding hydrogens is 272 g/mol. The van der Waals surface area contributed by atoms with Gasteiger partial charge in [0.15, 0.2) is 11.6 Å². The van der Waals surface area contributed by atoms with Gasteiger partial charge in [0.05, 0.1) is 11.9 Å². The molecule has 0 bridgehead atoms. The highest BCUT2D eigenvalue weighted by molar-refractivity contribution is 5.73. The van der Waals surface area contributed by atoms with Gasteiger partial charge in [-0.15, -0.1) is 0 Å². The Balaban J connectivity index is 2.12. The summed E-state index contributed by atoms with van der Waals surface area (Å²) >= 11 is 0. The lowest BCUT2D eigenvalue weighted by Gasteiger charge is -2.07. The summed E-state index contributed by atoms with van der Waals surface area (Å²) in [4.78, 5) is 8.49. The highest BCUT2D eigenvalue weighted by Crippen LogP contribution is 2.26. The van der Waals surface area contributed by atoms with Gasteiger partial charge in [-0.1, -0.05) is 30.3 Å². The van der Waals surface area contributed by atoms with Crippen molar-refractivity contribution in [1.29, 1.82) is 0 Å². The molecule has 1 heterocycles. The molecule has 0 spiro atoms. The van der Waals surface area contributed by atoms with Gasteiger partial charge in [0.2, 0.25) is 0 Å². The van der Waals surface area contributed by atoms with E-state index in [-0.39, 0.29) is 5.82 Å². The van der Waals surface area contributed by atoms with E-state index in [0.717, 1.165) is 17.7 Å². The predicted molar refractivity (Wildman–Crippen MR) is 77.2 cm³/mol. The van der Waals surface area contributed by atoms with Crippen LogP contribution in [0, 0.1) is 11.6 Å². The summed E-state index contributed by atoms with van der Waals surface area (Å²) in [5, 5.41) is 0. The topological polar surface area (TPSA) is 51.8 Å². The molecular formula is C16H11F2N3. The Kier molecular flexibility index (Phi) is 3.31. The number of anilines is 1. The zero-order valence-electron chi connectivity index (χ0n) is 10.9. The van der Waals surface area contributed by atoms with Gasteiger partial charge >= 0.3 is 0 Å². The number of nitrogen functional groups attached to an aromatic ring is 1. The lowest BCUT2D eigenvalue weighted by Crippen LogP contribution is -1.99. The summed E-state index contributed by atoms with van der Waals surface area (Å²) in [5.74, 6) is -1.69. The van der Waals surface area contributed by atoms with Gasteiger partial charge in [0, 0.05) is 11.1 Å². The maximum Gasteiger partial charge on any atom is 0.159 e. The van der Waals surface area contributed by atoms with Crippen LogP contribution in [0.4, 0.5) is 14.6 Å². The molecule has 0 saturated carbocycles. The summed E-state index contributed by atoms with van der Waals surface area (Å²) in [6, 6.07) is 12.9. The second-order valence-corrected chi connectivity index (χ2v) is 4.48. The molecule has 0 atom stereocenters. The first-order valence-corrected chi connectivity index (χ1v) is 6.28. The van der Waals surface area contributed by atoms with Crippen LogP contribution in [0.2, 0.25) is 0 Å². The summed E-state index contributed by atoms with van der Waals surface area (Å²) in [6.45, 7) is 0. The van der Waals surface area contributed by atoms with Gasteiger partial charge < -0.3 is 5.73 Å². The molecule has 3 aromatic rings. The molecule has 5 heteroatoms. The molecule has 0 aliphatic carbocycles. The number of hydrogen-bond donors (Lipinski definition) is 1. The Labute approximate surface area is 120 Å². The van der Waals surface area contributed by atoms with E-state index >= 15 is 0 Å². The van der Waals surface area contributed by atoms with E-state index in [1.807, 2.05) is 30.3 Å². The van der Waals surface area contributed by atoms with Crippen LogP contribution >= 0.6 is 0 Å². The molecule has 3 nitrogen and oxygen atoms in total. The monoisotopic (exact) mass is 283 g/mol. The highest BCUT2D eigenvalue weighted by Gasteiger charge is 2.11. The second-order valence-electron chi connectivity index (χ2n) is 4.48. The standard InChI is InChI=1S/C16H11F2N3/c17-12-7-6-11(8-13(12)18)15-16(19)20-9-14(21-15)10-4-2-1-3-5-10/h1-9H,(H2,19,20). The van der Waals surface area contributed by atoms with Crippen molar-refractivity contribution in [3.63, 3.8) is 0 Å². The molecule has 0 radical (unpaired) electrons. The van der Waals surface area contributed by atoms with Crippen LogP contribution in [-0.2, 0) is 0 Å². The Morgan fingerprint density at radius 1 is 0.857 bits per heavy atom. The Bertz CT molecular complexity index is 789. The van der Waals surface area contributed by atoms with Crippen molar-refractivity contribution in [2.45, 2.75) is 0 Å². The Morgan fingerprint density at radius 2 is 1.62 bits per heavy atom. The Morgan fingerprint density at radius 3 is 2.33 bits per heavy atom. The number of rotatable bonds is 2. The third kappa shape index (κ3) is 2.58. The molecule has 0 saturated heterocycles. The third-order valence-corrected chi connectivity index (χ3v) is 3.06. The van der Waals surface area contributed by atoms with Crippen molar-refractivity contribution in [2.24, 2.45) is 0 Å². The normalized spacial score (nSPS) is 10.6. The van der Waals surface area contributed by atoms with Crippen LogP contribution in [0.5, 0.6) is 0 Å². The van der Waals surface area contributed by atoms with Crippen molar-refractivity contribution >= 4 is 5.82 Å². The average Bonchev–Trinajstić information content (AvgIpc) is 2.51. The second kappa shape index (κ2) is 5.28. The molecule has 21 heavy (non-hydrogen) atoms. The van der Waals surface area contributed by atoms with Crippen LogP contribution in [0.25, 0.3) is 22.5 Å². The first kappa shape index (κ1) is 13.2. The zero-order chi connectivity index (χ0) is 14.8. The van der Waals surface area contributed by atoms with Crippen LogP contribution in [0.3, 0.4) is 0 Å². The van der Waals surface area contributed by atoms with Crippen molar-refractivity contribution in [2.75, 3.05) is 5.73 Å². The maximum absolute atomic E-state index is 13.4. The third-order valence-electron chi connectivity index (χ3n) is 3.06. The van der Waals surface area contributed by atoms with Gasteiger partial charge in [0.25, 0.3) is 0 Å². The quantitative estimate of drug-likeness (QED) is 0.780. The summed E-state index contributed by atoms with van der Waals surface area (Å²) in [7, 11) is 0. The summed E-state index contributed by atoms with van der Waals surface area (Å²) < 4.78 is 26.4. The molecule has 2 aromatic carbocycles. The smallest absolute Gasteiger partial charge is 0.159 e. The molecule has 0 unspecified atom stereocenters. The van der Waals surface area contributed by atoms with E-state index < -0.39 is 11.6 Å². The lowest BCUT2D eigenvalue weighted by atomic mass is 10.1. The fraction of sp³-hybridized carbons (Fsp3) is 0. The first-order valence-electron chi connectivity index (χ1n) is 6.28. The van der Waals surface area contributed by atoms with E-state index in [1.54, 1.807) is 6.20 Å². The highest BCUT2D eigenvalue weighted by atomic mass is 19.2. The molecule has 3 rings (SSSR count). The minimum atomic E-state index is -0.946. The average molecular weight is 283 g/mol. The zero-order valence-corrected chi connectivity index (χ0v) is 10.9. The maximum atomic E-state index is 13.4. The first-order chi connectivity index (χ1) is 10.1. The number of nitrogens with two attached hydrogens (primary N) is 1. The molecule has 0 aliphatic heterocycles. The van der Waals surface area contributed by atoms with Crippen molar-refractivity contribution in [1.82, 2.24) is 9.97 Å². The SMILES string of the molecule is Nc1ncc(-c2ccccc2)nc1-c1ccc(F)c(F)c1. The summed E-state index contributed by atoms with van der Waals surface area (Å²) in [5.41, 5.74) is 8.00. The molecule has 0 aliphatic rings. The molecule has 104 valence electrons. The fourth-order valence-corrected chi connectivity index (χ4v) is 2.00. The van der Waals surface area contributed by atoms with E-state index in [4.69, 9.17) is 5.73 Å². The predicted octanol–water partition coefficient (Wildman–Crippen LogP) is 3.67. The van der Waals surface area contributed by atoms with Gasteiger partial charge in [0.1, 0.15) is 11.5 Å². The van der Waals surface area contributed by atoms with Gasteiger partial charge in [-0.3, -0.25) is 0 Å². The van der Waals surface area contributed by atoms with Crippen LogP contribution in [0.15, 0.2) is 54.7 Å². The number of aromatic nitrogens is 2. The fourth-order valence-electron chi connectivity index (χ4n) is 2.00. The minimum absolute atomic E-state index is 0.167.